The minimum atomic E-state index is -1.62. The highest BCUT2D eigenvalue weighted by Crippen LogP contribution is 2.31. The van der Waals surface area contributed by atoms with E-state index in [0.29, 0.717) is 0 Å². The van der Waals surface area contributed by atoms with E-state index in [9.17, 15) is 14.4 Å². The first-order valence-corrected chi connectivity index (χ1v) is 21.5. The third-order valence-corrected chi connectivity index (χ3v) is 10.7. The van der Waals surface area contributed by atoms with Crippen LogP contribution in [-0.2, 0) is 49.5 Å². The average Bonchev–Trinajstić information content (AvgIpc) is 3.17. The van der Waals surface area contributed by atoms with Crippen molar-refractivity contribution in [2.45, 2.75) is 193 Å². The van der Waals surface area contributed by atoms with Gasteiger partial charge >= 0.3 is 11.9 Å². The maximum absolute atomic E-state index is 14.5. The van der Waals surface area contributed by atoms with Gasteiger partial charge in [0.15, 0.2) is 11.2 Å². The van der Waals surface area contributed by atoms with Crippen LogP contribution in [0.5, 0.6) is 0 Å². The molecule has 0 radical (unpaired) electrons. The van der Waals surface area contributed by atoms with Crippen molar-refractivity contribution >= 4 is 17.7 Å². The highest BCUT2D eigenvalue weighted by atomic mass is 16.6. The Morgan fingerprint density at radius 1 is 0.463 bits per heavy atom. The molecule has 0 amide bonds. The summed E-state index contributed by atoms with van der Waals surface area (Å²) in [5.41, 5.74) is 0.961. The van der Waals surface area contributed by atoms with Crippen LogP contribution in [0, 0.1) is 0 Å². The van der Waals surface area contributed by atoms with E-state index in [1.54, 1.807) is 13.8 Å². The molecule has 5 nitrogen and oxygen atoms in total. The third-order valence-electron chi connectivity index (χ3n) is 10.7. The van der Waals surface area contributed by atoms with Gasteiger partial charge in [-0.15, -0.1) is 0 Å². The maximum atomic E-state index is 14.5. The molecule has 0 fully saturated rings. The number of ether oxygens (including phenoxy) is 2. The zero-order chi connectivity index (χ0) is 39.5. The minimum absolute atomic E-state index is 0.128. The number of carbonyl (C=O) groups excluding carboxylic acids is 3. The van der Waals surface area contributed by atoms with Crippen molar-refractivity contribution in [3.05, 3.63) is 96.1 Å². The van der Waals surface area contributed by atoms with E-state index in [1.807, 2.05) is 24.3 Å². The number of benzene rings is 2. The molecule has 0 aromatic heterocycles. The van der Waals surface area contributed by atoms with Crippen LogP contribution in [0.1, 0.15) is 178 Å². The third kappa shape index (κ3) is 18.7. The molecule has 2 aromatic carbocycles. The molecule has 0 saturated heterocycles. The fraction of sp³-hybridized carbons (Fsp3) is 0.612. The van der Waals surface area contributed by atoms with Crippen molar-refractivity contribution in [3.8, 4) is 0 Å². The Balaban J connectivity index is 2.03. The molecule has 2 unspecified atom stereocenters. The van der Waals surface area contributed by atoms with E-state index in [4.69, 9.17) is 9.47 Å². The molecule has 300 valence electrons. The smallest absolute Gasteiger partial charge is 0.331 e. The van der Waals surface area contributed by atoms with Gasteiger partial charge in [0.05, 0.1) is 0 Å². The summed E-state index contributed by atoms with van der Waals surface area (Å²) in [5.74, 6) is -1.92. The van der Waals surface area contributed by atoms with Crippen molar-refractivity contribution in [3.63, 3.8) is 0 Å². The number of rotatable bonds is 32. The van der Waals surface area contributed by atoms with E-state index in [-0.39, 0.29) is 12.8 Å². The van der Waals surface area contributed by atoms with Crippen molar-refractivity contribution < 1.29 is 23.9 Å². The first-order chi connectivity index (χ1) is 26.1. The van der Waals surface area contributed by atoms with Crippen molar-refractivity contribution in [1.29, 1.82) is 0 Å². The Morgan fingerprint density at radius 3 is 1.00 bits per heavy atom. The summed E-state index contributed by atoms with van der Waals surface area (Å²) < 4.78 is 11.6. The highest BCUT2D eigenvalue weighted by Gasteiger charge is 2.50. The lowest BCUT2D eigenvalue weighted by Gasteiger charge is -2.37. The molecule has 0 aliphatic rings. The molecule has 0 spiro atoms. The Bertz CT molecular complexity index is 1260. The molecule has 0 aliphatic carbocycles. The fourth-order valence-corrected chi connectivity index (χ4v) is 7.47. The molecule has 2 atom stereocenters. The number of Topliss-reactive ketones (excluding diaryl/α,β-unsaturated/α-hetero) is 1. The fourth-order valence-electron chi connectivity index (χ4n) is 7.47. The van der Waals surface area contributed by atoms with E-state index >= 15 is 0 Å². The lowest BCUT2D eigenvalue weighted by atomic mass is 9.79. The number of carbonyl (C=O) groups is 3. The van der Waals surface area contributed by atoms with Crippen LogP contribution >= 0.6 is 0 Å². The molecule has 0 N–H and O–H groups in total. The Labute approximate surface area is 329 Å². The van der Waals surface area contributed by atoms with Crippen LogP contribution in [-0.4, -0.2) is 28.9 Å². The molecular weight excluding hydrogens is 669 g/mol. The molecule has 54 heavy (non-hydrogen) atoms. The Kier molecular flexibility index (Phi) is 23.5. The zero-order valence-electron chi connectivity index (χ0n) is 34.7. The second kappa shape index (κ2) is 27.2. The van der Waals surface area contributed by atoms with Crippen LogP contribution in [0.4, 0.5) is 0 Å². The van der Waals surface area contributed by atoms with Gasteiger partial charge in [0.2, 0.25) is 5.78 Å². The normalized spacial score (nSPS) is 13.4. The second-order valence-electron chi connectivity index (χ2n) is 15.9. The van der Waals surface area contributed by atoms with Gasteiger partial charge in [-0.05, 0) is 61.8 Å². The lowest BCUT2D eigenvalue weighted by Crippen LogP contribution is -2.56. The molecule has 0 bridgehead atoms. The van der Waals surface area contributed by atoms with Crippen molar-refractivity contribution in [2.75, 3.05) is 0 Å². The van der Waals surface area contributed by atoms with Gasteiger partial charge in [-0.3, -0.25) is 4.79 Å². The summed E-state index contributed by atoms with van der Waals surface area (Å²) in [6.07, 6.45) is 30.5. The summed E-state index contributed by atoms with van der Waals surface area (Å²) >= 11 is 0. The van der Waals surface area contributed by atoms with Crippen LogP contribution in [0.3, 0.4) is 0 Å². The van der Waals surface area contributed by atoms with Crippen LogP contribution in [0.2, 0.25) is 0 Å². The first kappa shape index (κ1) is 46.7. The summed E-state index contributed by atoms with van der Waals surface area (Å²) in [6, 6.07) is 16.4. The number of hydrogen-bond donors (Lipinski definition) is 0. The second-order valence-corrected chi connectivity index (χ2v) is 15.9. The van der Waals surface area contributed by atoms with Gasteiger partial charge in [-0.1, -0.05) is 191 Å². The number of esters is 2. The topological polar surface area (TPSA) is 69.7 Å². The van der Waals surface area contributed by atoms with Gasteiger partial charge in [-0.25, -0.2) is 9.59 Å². The summed E-state index contributed by atoms with van der Waals surface area (Å²) in [6.45, 7) is 14.8. The number of aryl methyl sites for hydroxylation is 2. The molecular formula is C49H74O5. The van der Waals surface area contributed by atoms with Gasteiger partial charge < -0.3 is 9.47 Å². The van der Waals surface area contributed by atoms with E-state index in [2.05, 4.69) is 51.3 Å². The van der Waals surface area contributed by atoms with Crippen LogP contribution in [0.25, 0.3) is 0 Å². The predicted molar refractivity (Wildman–Crippen MR) is 226 cm³/mol. The van der Waals surface area contributed by atoms with Crippen molar-refractivity contribution in [2.24, 2.45) is 0 Å². The molecule has 0 heterocycles. The summed E-state index contributed by atoms with van der Waals surface area (Å²) in [4.78, 5) is 39.8. The van der Waals surface area contributed by atoms with Gasteiger partial charge in [0.25, 0.3) is 0 Å². The Morgan fingerprint density at radius 2 is 0.722 bits per heavy atom. The van der Waals surface area contributed by atoms with Crippen LogP contribution in [0.15, 0.2) is 73.8 Å². The number of unbranched alkanes of at least 4 members (excludes halogenated alkanes) is 18. The molecule has 0 aliphatic heterocycles. The highest BCUT2D eigenvalue weighted by molar-refractivity contribution is 5.99. The molecule has 5 heteroatoms. The van der Waals surface area contributed by atoms with Gasteiger partial charge in [-0.2, -0.15) is 0 Å². The van der Waals surface area contributed by atoms with Gasteiger partial charge in [0.1, 0.15) is 0 Å². The minimum Gasteiger partial charge on any atom is -0.448 e. The Hall–Kier alpha value is -3.47. The van der Waals surface area contributed by atoms with E-state index in [1.165, 1.54) is 127 Å². The standard InChI is InChI=1S/C49H74O5/c1-7-11-13-15-17-19-21-23-25-27-29-41-31-35-43(36-32-41)39-48(5,53-45(50)9-3)47(52)49(6,54-46(51)10-4)40-44-37-33-42(34-38-44)30-28-26-24-22-20-18-16-14-12-8-2/h9-10,31-38H,3-4,7-8,11-30,39-40H2,1-2,5-6H3. The van der Waals surface area contributed by atoms with Gasteiger partial charge in [0, 0.05) is 25.0 Å². The number of hydrogen-bond acceptors (Lipinski definition) is 5. The maximum Gasteiger partial charge on any atom is 0.331 e. The quantitative estimate of drug-likeness (QED) is 0.0424. The monoisotopic (exact) mass is 743 g/mol. The lowest BCUT2D eigenvalue weighted by molar-refractivity contribution is -0.178. The summed E-state index contributed by atoms with van der Waals surface area (Å²) in [7, 11) is 0. The molecule has 0 saturated carbocycles. The molecule has 2 aromatic rings. The van der Waals surface area contributed by atoms with E-state index < -0.39 is 28.9 Å². The van der Waals surface area contributed by atoms with Crippen LogP contribution < -0.4 is 0 Å². The predicted octanol–water partition coefficient (Wildman–Crippen LogP) is 12.9. The van der Waals surface area contributed by atoms with E-state index in [0.717, 1.165) is 49.0 Å². The first-order valence-electron chi connectivity index (χ1n) is 21.5. The zero-order valence-corrected chi connectivity index (χ0v) is 34.7. The SMILES string of the molecule is C=CC(=O)OC(C)(Cc1ccc(CCCCCCCCCCCC)cc1)C(=O)C(C)(Cc1ccc(CCCCCCCCCCCC)cc1)OC(=O)C=C. The largest absolute Gasteiger partial charge is 0.448 e. The number of ketones is 1. The van der Waals surface area contributed by atoms with Crippen molar-refractivity contribution in [1.82, 2.24) is 0 Å². The molecule has 2 rings (SSSR count). The average molecular weight is 743 g/mol. The summed E-state index contributed by atoms with van der Waals surface area (Å²) in [5, 5.41) is 0.